The highest BCUT2D eigenvalue weighted by Crippen LogP contribution is 2.29. The Morgan fingerprint density at radius 2 is 1.58 bits per heavy atom. The first-order valence-electron chi connectivity index (χ1n) is 10.1. The molecule has 0 unspecified atom stereocenters. The monoisotopic (exact) mass is 409 g/mol. The van der Waals surface area contributed by atoms with Gasteiger partial charge in [-0.3, -0.25) is 14.5 Å². The summed E-state index contributed by atoms with van der Waals surface area (Å²) in [5.74, 6) is 0.337. The van der Waals surface area contributed by atoms with Gasteiger partial charge in [0.25, 0.3) is 5.91 Å². The van der Waals surface area contributed by atoms with Crippen molar-refractivity contribution in [3.05, 3.63) is 101 Å². The van der Waals surface area contributed by atoms with E-state index in [1.54, 1.807) is 16.8 Å². The largest absolute Gasteiger partial charge is 0.316 e. The van der Waals surface area contributed by atoms with E-state index in [1.807, 2.05) is 91.9 Å². The molecule has 0 aliphatic carbocycles. The van der Waals surface area contributed by atoms with Gasteiger partial charge in [0.15, 0.2) is 0 Å². The molecule has 3 aromatic rings. The number of anilines is 2. The summed E-state index contributed by atoms with van der Waals surface area (Å²) >= 11 is 0. The average Bonchev–Trinajstić information content (AvgIpc) is 3.11. The predicted octanol–water partition coefficient (Wildman–Crippen LogP) is 4.81. The van der Waals surface area contributed by atoms with Gasteiger partial charge in [-0.2, -0.15) is 0 Å². The number of hydrogen-bond acceptors (Lipinski definition) is 3. The maximum Gasteiger partial charge on any atom is 0.282 e. The molecule has 5 heteroatoms. The number of amides is 2. The summed E-state index contributed by atoms with van der Waals surface area (Å²) in [4.78, 5) is 32.9. The molecule has 0 bridgehead atoms. The zero-order valence-corrected chi connectivity index (χ0v) is 17.7. The molecule has 0 fully saturated rings. The maximum absolute atomic E-state index is 13.4. The quantitative estimate of drug-likeness (QED) is 0.581. The molecule has 31 heavy (non-hydrogen) atoms. The summed E-state index contributed by atoms with van der Waals surface area (Å²) in [6.07, 6.45) is 1.81. The van der Waals surface area contributed by atoms with E-state index in [1.165, 1.54) is 6.92 Å². The van der Waals surface area contributed by atoms with Crippen LogP contribution in [0.5, 0.6) is 0 Å². The Hall–Kier alpha value is -3.99. The first-order chi connectivity index (χ1) is 14.9. The van der Waals surface area contributed by atoms with Crippen molar-refractivity contribution in [2.24, 2.45) is 4.99 Å². The molecule has 1 aliphatic rings. The van der Waals surface area contributed by atoms with Crippen molar-refractivity contribution in [3.8, 4) is 0 Å². The lowest BCUT2D eigenvalue weighted by atomic mass is 10.1. The first kappa shape index (κ1) is 20.3. The van der Waals surface area contributed by atoms with Crippen molar-refractivity contribution in [3.63, 3.8) is 0 Å². The second kappa shape index (κ2) is 8.40. The SMILES string of the molecule is CC(=O)N(C)c1ccc(N2C(=O)/C(=C/c3ccc(C)cc3)N=C2c2ccccc2)cc1. The minimum Gasteiger partial charge on any atom is -0.316 e. The Morgan fingerprint density at radius 3 is 2.19 bits per heavy atom. The molecule has 1 heterocycles. The standard InChI is InChI=1S/C26H23N3O2/c1-18-9-11-20(12-10-18)17-24-26(31)29(25(27-24)21-7-5-4-6-8-21)23-15-13-22(14-16-23)28(3)19(2)30/h4-17H,1-3H3/b24-17-. The van der Waals surface area contributed by atoms with Crippen molar-refractivity contribution >= 4 is 35.1 Å². The fraction of sp³-hybridized carbons (Fsp3) is 0.115. The van der Waals surface area contributed by atoms with E-state index >= 15 is 0 Å². The fourth-order valence-corrected chi connectivity index (χ4v) is 3.36. The molecule has 0 atom stereocenters. The highest BCUT2D eigenvalue weighted by molar-refractivity contribution is 6.33. The number of nitrogens with zero attached hydrogens (tertiary/aromatic N) is 3. The van der Waals surface area contributed by atoms with Gasteiger partial charge in [-0.1, -0.05) is 60.2 Å². The lowest BCUT2D eigenvalue weighted by Crippen LogP contribution is -2.32. The second-order valence-corrected chi connectivity index (χ2v) is 7.48. The molecule has 0 radical (unpaired) electrons. The highest BCUT2D eigenvalue weighted by Gasteiger charge is 2.32. The number of carbonyl (C=O) groups excluding carboxylic acids is 2. The summed E-state index contributed by atoms with van der Waals surface area (Å²) in [5, 5.41) is 0. The summed E-state index contributed by atoms with van der Waals surface area (Å²) in [6, 6.07) is 24.9. The molecule has 154 valence electrons. The molecule has 0 saturated heterocycles. The molecule has 1 aliphatic heterocycles. The van der Waals surface area contributed by atoms with E-state index in [4.69, 9.17) is 4.99 Å². The molecular weight excluding hydrogens is 386 g/mol. The molecule has 0 spiro atoms. The van der Waals surface area contributed by atoms with E-state index in [0.29, 0.717) is 17.2 Å². The van der Waals surface area contributed by atoms with Gasteiger partial charge in [-0.15, -0.1) is 0 Å². The van der Waals surface area contributed by atoms with Gasteiger partial charge in [0.05, 0.1) is 5.69 Å². The molecule has 3 aromatic carbocycles. The van der Waals surface area contributed by atoms with Crippen LogP contribution in [0.4, 0.5) is 11.4 Å². The van der Waals surface area contributed by atoms with Gasteiger partial charge >= 0.3 is 0 Å². The van der Waals surface area contributed by atoms with Crippen LogP contribution in [0, 0.1) is 6.92 Å². The Bertz CT molecular complexity index is 1180. The van der Waals surface area contributed by atoms with Crippen LogP contribution in [0.1, 0.15) is 23.6 Å². The highest BCUT2D eigenvalue weighted by atomic mass is 16.2. The van der Waals surface area contributed by atoms with Crippen LogP contribution in [-0.4, -0.2) is 24.7 Å². The molecule has 0 aromatic heterocycles. The van der Waals surface area contributed by atoms with Crippen molar-refractivity contribution in [2.75, 3.05) is 16.8 Å². The van der Waals surface area contributed by atoms with Crippen LogP contribution in [0.2, 0.25) is 0 Å². The predicted molar refractivity (Wildman–Crippen MR) is 125 cm³/mol. The number of rotatable bonds is 4. The van der Waals surface area contributed by atoms with Gasteiger partial charge in [0.1, 0.15) is 11.5 Å². The first-order valence-corrected chi connectivity index (χ1v) is 10.1. The van der Waals surface area contributed by atoms with Crippen LogP contribution in [-0.2, 0) is 9.59 Å². The molecule has 2 amide bonds. The van der Waals surface area contributed by atoms with E-state index in [2.05, 4.69) is 0 Å². The van der Waals surface area contributed by atoms with Crippen molar-refractivity contribution in [2.45, 2.75) is 13.8 Å². The third-order valence-electron chi connectivity index (χ3n) is 5.24. The summed E-state index contributed by atoms with van der Waals surface area (Å²) < 4.78 is 0. The zero-order valence-electron chi connectivity index (χ0n) is 17.7. The lowest BCUT2D eigenvalue weighted by molar-refractivity contribution is -0.116. The van der Waals surface area contributed by atoms with E-state index in [-0.39, 0.29) is 11.8 Å². The summed E-state index contributed by atoms with van der Waals surface area (Å²) in [7, 11) is 1.72. The van der Waals surface area contributed by atoms with E-state index in [0.717, 1.165) is 22.4 Å². The normalized spacial score (nSPS) is 14.7. The van der Waals surface area contributed by atoms with Crippen molar-refractivity contribution < 1.29 is 9.59 Å². The van der Waals surface area contributed by atoms with Crippen molar-refractivity contribution in [1.29, 1.82) is 0 Å². The molecular formula is C26H23N3O2. The van der Waals surface area contributed by atoms with Crippen LogP contribution >= 0.6 is 0 Å². The Labute approximate surface area is 182 Å². The maximum atomic E-state index is 13.4. The summed E-state index contributed by atoms with van der Waals surface area (Å²) in [6.45, 7) is 3.54. The third kappa shape index (κ3) is 4.16. The van der Waals surface area contributed by atoms with Crippen LogP contribution in [0.3, 0.4) is 0 Å². The van der Waals surface area contributed by atoms with Crippen LogP contribution in [0.15, 0.2) is 89.6 Å². The topological polar surface area (TPSA) is 53.0 Å². The lowest BCUT2D eigenvalue weighted by Gasteiger charge is -2.20. The van der Waals surface area contributed by atoms with Gasteiger partial charge in [-0.25, -0.2) is 4.99 Å². The van der Waals surface area contributed by atoms with Gasteiger partial charge in [0, 0.05) is 25.2 Å². The zero-order chi connectivity index (χ0) is 22.0. The Balaban J connectivity index is 1.75. The smallest absolute Gasteiger partial charge is 0.282 e. The van der Waals surface area contributed by atoms with Crippen LogP contribution in [0.25, 0.3) is 6.08 Å². The minimum absolute atomic E-state index is 0.0557. The second-order valence-electron chi connectivity index (χ2n) is 7.48. The number of amidine groups is 1. The Morgan fingerprint density at radius 1 is 0.935 bits per heavy atom. The number of aryl methyl sites for hydroxylation is 1. The van der Waals surface area contributed by atoms with Gasteiger partial charge in [-0.05, 0) is 42.8 Å². The number of hydrogen-bond donors (Lipinski definition) is 0. The third-order valence-corrected chi connectivity index (χ3v) is 5.24. The fourth-order valence-electron chi connectivity index (χ4n) is 3.36. The molecule has 5 nitrogen and oxygen atoms in total. The van der Waals surface area contributed by atoms with Crippen molar-refractivity contribution in [1.82, 2.24) is 0 Å². The number of benzene rings is 3. The number of carbonyl (C=O) groups is 2. The average molecular weight is 409 g/mol. The Kier molecular flexibility index (Phi) is 5.50. The summed E-state index contributed by atoms with van der Waals surface area (Å²) in [5.41, 5.74) is 4.77. The molecule has 0 saturated carbocycles. The minimum atomic E-state index is -0.188. The number of aliphatic imine (C=N–C) groups is 1. The van der Waals surface area contributed by atoms with Gasteiger partial charge < -0.3 is 4.90 Å². The van der Waals surface area contributed by atoms with Crippen LogP contribution < -0.4 is 9.80 Å². The van der Waals surface area contributed by atoms with E-state index in [9.17, 15) is 9.59 Å². The van der Waals surface area contributed by atoms with Gasteiger partial charge in [0.2, 0.25) is 5.91 Å². The molecule has 0 N–H and O–H groups in total. The molecule has 4 rings (SSSR count). The van der Waals surface area contributed by atoms with E-state index < -0.39 is 0 Å².